The molecule has 0 N–H and O–H groups in total. The molecule has 0 aliphatic rings. The van der Waals surface area contributed by atoms with Gasteiger partial charge < -0.3 is 0 Å². The highest BCUT2D eigenvalue weighted by atomic mass is 35.5. The van der Waals surface area contributed by atoms with Crippen molar-refractivity contribution in [1.82, 2.24) is 0 Å². The van der Waals surface area contributed by atoms with Crippen LogP contribution >= 0.6 is 35.0 Å². The lowest BCUT2D eigenvalue weighted by molar-refractivity contribution is 1.44. The van der Waals surface area contributed by atoms with E-state index in [4.69, 9.17) is 28.2 Å². The van der Waals surface area contributed by atoms with Crippen molar-refractivity contribution in [3.8, 4) is 0 Å². The van der Waals surface area contributed by atoms with Crippen LogP contribution < -0.4 is 0 Å². The van der Waals surface area contributed by atoms with Crippen LogP contribution in [0.4, 0.5) is 5.69 Å². The van der Waals surface area contributed by atoms with Crippen LogP contribution in [0.2, 0.25) is 10.0 Å². The minimum Gasteiger partial charge on any atom is -0.248 e. The smallest absolute Gasteiger partial charge is 0.0714 e. The minimum atomic E-state index is 0.630. The molecule has 4 heteroatoms. The fraction of sp³-hybridized carbons (Fsp3) is 0.0455. The number of rotatable bonds is 5. The molecule has 0 unspecified atom stereocenters. The molecule has 3 aromatic rings. The molecule has 0 heterocycles. The normalized spacial score (nSPS) is 11.9. The maximum absolute atomic E-state index is 6.07. The first-order valence-electron chi connectivity index (χ1n) is 8.10. The van der Waals surface area contributed by atoms with E-state index in [2.05, 4.69) is 25.1 Å². The molecule has 0 atom stereocenters. The summed E-state index contributed by atoms with van der Waals surface area (Å²) in [4.78, 5) is 5.79. The highest BCUT2D eigenvalue weighted by Crippen LogP contribution is 2.27. The number of halogens is 2. The van der Waals surface area contributed by atoms with Gasteiger partial charge in [0.15, 0.2) is 0 Å². The second-order valence-corrected chi connectivity index (χ2v) is 7.58. The van der Waals surface area contributed by atoms with Gasteiger partial charge in [0.05, 0.1) is 11.4 Å². The molecule has 130 valence electrons. The van der Waals surface area contributed by atoms with E-state index in [1.807, 2.05) is 60.0 Å². The molecule has 1 nitrogen and oxygen atoms in total. The van der Waals surface area contributed by atoms with Gasteiger partial charge in [-0.25, -0.2) is 4.99 Å². The first-order chi connectivity index (χ1) is 12.6. The van der Waals surface area contributed by atoms with Gasteiger partial charge in [-0.2, -0.15) is 0 Å². The maximum atomic E-state index is 6.07. The number of aliphatic imine (C=N–C) groups is 1. The van der Waals surface area contributed by atoms with Gasteiger partial charge in [-0.05, 0) is 54.8 Å². The van der Waals surface area contributed by atoms with E-state index in [9.17, 15) is 0 Å². The summed E-state index contributed by atoms with van der Waals surface area (Å²) in [5.74, 6) is 0. The van der Waals surface area contributed by atoms with E-state index in [0.29, 0.717) is 10.0 Å². The lowest BCUT2D eigenvalue weighted by Gasteiger charge is -2.04. The third-order valence-electron chi connectivity index (χ3n) is 3.59. The predicted octanol–water partition coefficient (Wildman–Crippen LogP) is 7.73. The summed E-state index contributed by atoms with van der Waals surface area (Å²) in [7, 11) is 0. The average Bonchev–Trinajstić information content (AvgIpc) is 2.61. The summed E-state index contributed by atoms with van der Waals surface area (Å²) in [6.07, 6.45) is 2.02. The van der Waals surface area contributed by atoms with Crippen molar-refractivity contribution in [1.29, 1.82) is 0 Å². The topological polar surface area (TPSA) is 12.4 Å². The Morgan fingerprint density at radius 1 is 0.885 bits per heavy atom. The molecule has 0 aliphatic carbocycles. The number of nitrogens with zero attached hydrogens (tertiary/aromatic N) is 1. The number of para-hydroxylation sites is 1. The molecule has 3 rings (SSSR count). The van der Waals surface area contributed by atoms with Crippen molar-refractivity contribution in [3.63, 3.8) is 0 Å². The Balaban J connectivity index is 1.89. The van der Waals surface area contributed by atoms with Crippen LogP contribution in [0.3, 0.4) is 0 Å². The lowest BCUT2D eigenvalue weighted by Crippen LogP contribution is -1.96. The zero-order valence-electron chi connectivity index (χ0n) is 14.2. The van der Waals surface area contributed by atoms with Crippen molar-refractivity contribution < 1.29 is 0 Å². The Bertz CT molecular complexity index is 929. The number of benzene rings is 3. The molecule has 0 bridgehead atoms. The van der Waals surface area contributed by atoms with Crippen LogP contribution in [0.1, 0.15) is 11.1 Å². The molecule has 0 spiro atoms. The number of hydrogen-bond donors (Lipinski definition) is 0. The molecule has 0 aliphatic heterocycles. The number of thioether (sulfide) groups is 1. The molecule has 0 aromatic heterocycles. The first kappa shape index (κ1) is 18.8. The third kappa shape index (κ3) is 5.50. The van der Waals surface area contributed by atoms with Crippen LogP contribution in [-0.4, -0.2) is 5.71 Å². The molecule has 3 aromatic carbocycles. The molecular formula is C22H17Cl2NS. The summed E-state index contributed by atoms with van der Waals surface area (Å²) in [6.45, 7) is 2.08. The van der Waals surface area contributed by atoms with Gasteiger partial charge in [0.2, 0.25) is 0 Å². The summed E-state index contributed by atoms with van der Waals surface area (Å²) >= 11 is 13.7. The van der Waals surface area contributed by atoms with Gasteiger partial charge in [-0.1, -0.05) is 76.9 Å². The number of hydrogen-bond acceptors (Lipinski definition) is 2. The monoisotopic (exact) mass is 397 g/mol. The Morgan fingerprint density at radius 2 is 1.62 bits per heavy atom. The first-order valence-corrected chi connectivity index (χ1v) is 9.74. The van der Waals surface area contributed by atoms with E-state index >= 15 is 0 Å². The SMILES string of the molecule is Cc1cccc(C(C=CSc2cc(Cl)cc(Cl)c2)=Nc2ccccc2)c1. The Labute approximate surface area is 168 Å². The summed E-state index contributed by atoms with van der Waals surface area (Å²) in [5.41, 5.74) is 4.10. The highest BCUT2D eigenvalue weighted by molar-refractivity contribution is 8.02. The fourth-order valence-corrected chi connectivity index (χ4v) is 3.82. The van der Waals surface area contributed by atoms with Crippen LogP contribution in [0, 0.1) is 6.92 Å². The van der Waals surface area contributed by atoms with Gasteiger partial charge in [-0.3, -0.25) is 0 Å². The molecular weight excluding hydrogens is 381 g/mol. The van der Waals surface area contributed by atoms with Crippen LogP contribution in [0.5, 0.6) is 0 Å². The summed E-state index contributed by atoms with van der Waals surface area (Å²) < 4.78 is 0. The van der Waals surface area contributed by atoms with Gasteiger partial charge in [0.1, 0.15) is 0 Å². The largest absolute Gasteiger partial charge is 0.248 e. The average molecular weight is 398 g/mol. The van der Waals surface area contributed by atoms with E-state index in [1.165, 1.54) is 5.56 Å². The van der Waals surface area contributed by atoms with Crippen LogP contribution in [0.25, 0.3) is 0 Å². The molecule has 0 amide bonds. The van der Waals surface area contributed by atoms with Crippen molar-refractivity contribution in [2.75, 3.05) is 0 Å². The Kier molecular flexibility index (Phi) is 6.56. The minimum absolute atomic E-state index is 0.630. The van der Waals surface area contributed by atoms with Crippen molar-refractivity contribution >= 4 is 46.4 Å². The van der Waals surface area contributed by atoms with Gasteiger partial charge in [0, 0.05) is 20.5 Å². The van der Waals surface area contributed by atoms with E-state index in [0.717, 1.165) is 21.9 Å². The van der Waals surface area contributed by atoms with Gasteiger partial charge in [-0.15, -0.1) is 0 Å². The molecule has 0 fully saturated rings. The zero-order valence-corrected chi connectivity index (χ0v) is 16.5. The summed E-state index contributed by atoms with van der Waals surface area (Å²) in [5, 5.41) is 3.27. The van der Waals surface area contributed by atoms with Crippen LogP contribution in [-0.2, 0) is 0 Å². The van der Waals surface area contributed by atoms with E-state index in [1.54, 1.807) is 17.8 Å². The van der Waals surface area contributed by atoms with Gasteiger partial charge >= 0.3 is 0 Å². The fourth-order valence-electron chi connectivity index (χ4n) is 2.42. The molecule has 0 radical (unpaired) electrons. The highest BCUT2D eigenvalue weighted by Gasteiger charge is 2.02. The Hall–Kier alpha value is -2.00. The molecule has 0 saturated carbocycles. The second kappa shape index (κ2) is 9.09. The molecule has 0 saturated heterocycles. The third-order valence-corrected chi connectivity index (χ3v) is 4.80. The summed E-state index contributed by atoms with van der Waals surface area (Å²) in [6, 6.07) is 23.8. The second-order valence-electron chi connectivity index (χ2n) is 5.73. The quantitative estimate of drug-likeness (QED) is 0.316. The zero-order chi connectivity index (χ0) is 18.4. The van der Waals surface area contributed by atoms with E-state index < -0.39 is 0 Å². The standard InChI is InChI=1S/C22H17Cl2NS/c1-16-6-5-7-17(12-16)22(25-20-8-3-2-4-9-20)10-11-26-21-14-18(23)13-19(24)15-21/h2-15H,1H3. The van der Waals surface area contributed by atoms with Crippen molar-refractivity contribution in [3.05, 3.63) is 105 Å². The van der Waals surface area contributed by atoms with E-state index in [-0.39, 0.29) is 0 Å². The molecule has 26 heavy (non-hydrogen) atoms. The number of aryl methyl sites for hydroxylation is 1. The van der Waals surface area contributed by atoms with Crippen LogP contribution in [0.15, 0.2) is 94.2 Å². The predicted molar refractivity (Wildman–Crippen MR) is 115 cm³/mol. The maximum Gasteiger partial charge on any atom is 0.0714 e. The van der Waals surface area contributed by atoms with Crippen molar-refractivity contribution in [2.45, 2.75) is 11.8 Å². The Morgan fingerprint density at radius 3 is 2.31 bits per heavy atom. The van der Waals surface area contributed by atoms with Crippen molar-refractivity contribution in [2.24, 2.45) is 4.99 Å². The number of allylic oxidation sites excluding steroid dienone is 1. The lowest BCUT2D eigenvalue weighted by atomic mass is 10.1. The van der Waals surface area contributed by atoms with Gasteiger partial charge in [0.25, 0.3) is 0 Å².